The molecule has 5 atom stereocenters. The van der Waals surface area contributed by atoms with E-state index < -0.39 is 103 Å². The van der Waals surface area contributed by atoms with Crippen LogP contribution in [0.3, 0.4) is 0 Å². The zero-order valence-electron chi connectivity index (χ0n) is 38.8. The minimum absolute atomic E-state index is 0.0582. The Bertz CT molecular complexity index is 2810. The predicted molar refractivity (Wildman–Crippen MR) is 260 cm³/mol. The number of H-pyrrole nitrogens is 1. The highest BCUT2D eigenvalue weighted by Gasteiger charge is 2.42. The summed E-state index contributed by atoms with van der Waals surface area (Å²) in [5.41, 5.74) is 14.8. The molecule has 4 aromatic rings. The number of fused-ring (bicyclic) bond motifs is 6. The third-order valence-electron chi connectivity index (χ3n) is 12.0. The SMILES string of the molecule is CN1c2ccc(F)cc2C(=O)N2CCc3c([nH]c4ccc(OC(=O)CSCC(=O)NC[C@@H]5NC(=O)[C@H](Cc6ccccc6)NC(=O)[C@H](CC(=O)O)NC(=O)CNC(=O)[C@H](CCCN=C(N)N)NC5=O)cc34)C21. The largest absolute Gasteiger partial charge is 0.481 e. The number of carbonyl (C=O) groups excluding carboxylic acids is 8. The summed E-state index contributed by atoms with van der Waals surface area (Å²) in [6.45, 7) is -0.825. The van der Waals surface area contributed by atoms with Crippen molar-refractivity contribution in [2.24, 2.45) is 16.5 Å². The number of ether oxygens (including phenoxy) is 1. The lowest BCUT2D eigenvalue weighted by Crippen LogP contribution is -2.60. The highest BCUT2D eigenvalue weighted by Crippen LogP contribution is 2.43. The molecular weight excluding hydrogens is 960 g/mol. The first kappa shape index (κ1) is 51.6. The topological polar surface area (TPSA) is 342 Å². The first-order chi connectivity index (χ1) is 34.4. The molecule has 72 heavy (non-hydrogen) atoms. The number of carbonyl (C=O) groups is 9. The lowest BCUT2D eigenvalue weighted by atomic mass is 9.96. The Balaban J connectivity index is 1.01. The maximum atomic E-state index is 14.1. The second kappa shape index (κ2) is 23.1. The molecule has 0 radical (unpaired) electrons. The number of carboxylic acid groups (broad SMARTS) is 1. The highest BCUT2D eigenvalue weighted by molar-refractivity contribution is 8.00. The van der Waals surface area contributed by atoms with Gasteiger partial charge in [-0.3, -0.25) is 48.1 Å². The van der Waals surface area contributed by atoms with Crippen LogP contribution in [0.2, 0.25) is 0 Å². The molecule has 7 rings (SSSR count). The van der Waals surface area contributed by atoms with Gasteiger partial charge >= 0.3 is 11.9 Å². The number of halogens is 1. The Morgan fingerprint density at radius 1 is 0.875 bits per heavy atom. The third kappa shape index (κ3) is 12.8. The summed E-state index contributed by atoms with van der Waals surface area (Å²) >= 11 is 0.907. The lowest BCUT2D eigenvalue weighted by Gasteiger charge is -2.46. The normalized spacial score (nSPS) is 20.4. The van der Waals surface area contributed by atoms with Gasteiger partial charge in [-0.1, -0.05) is 30.3 Å². The minimum Gasteiger partial charge on any atom is -0.481 e. The van der Waals surface area contributed by atoms with E-state index in [-0.39, 0.29) is 60.5 Å². The average Bonchev–Trinajstić information content (AvgIpc) is 3.71. The van der Waals surface area contributed by atoms with E-state index in [1.54, 1.807) is 59.5 Å². The summed E-state index contributed by atoms with van der Waals surface area (Å²) in [7, 11) is 1.83. The van der Waals surface area contributed by atoms with Crippen molar-refractivity contribution >= 4 is 87.6 Å². The van der Waals surface area contributed by atoms with Crippen molar-refractivity contribution in [1.29, 1.82) is 0 Å². The zero-order chi connectivity index (χ0) is 51.6. The van der Waals surface area contributed by atoms with Crippen molar-refractivity contribution < 1.29 is 57.4 Å². The number of aromatic nitrogens is 1. The number of aromatic amines is 1. The number of anilines is 1. The van der Waals surface area contributed by atoms with E-state index in [1.165, 1.54) is 12.1 Å². The predicted octanol–water partition coefficient (Wildman–Crippen LogP) is -0.951. The Labute approximate surface area is 414 Å². The fourth-order valence-corrected chi connectivity index (χ4v) is 9.25. The number of rotatable bonds is 15. The second-order valence-electron chi connectivity index (χ2n) is 17.1. The fraction of sp³-hybridized carbons (Fsp3) is 0.362. The number of hydrogen-bond acceptors (Lipinski definition) is 13. The van der Waals surface area contributed by atoms with Gasteiger partial charge in [0.25, 0.3) is 5.91 Å². The van der Waals surface area contributed by atoms with Crippen LogP contribution in [0.1, 0.15) is 52.6 Å². The molecule has 4 heterocycles. The van der Waals surface area contributed by atoms with E-state index >= 15 is 0 Å². The van der Waals surface area contributed by atoms with Crippen LogP contribution < -0.4 is 53.0 Å². The van der Waals surface area contributed by atoms with Crippen molar-refractivity contribution in [1.82, 2.24) is 41.8 Å². The number of thioether (sulfide) groups is 1. The molecule has 0 spiro atoms. The summed E-state index contributed by atoms with van der Waals surface area (Å²) in [4.78, 5) is 130. The van der Waals surface area contributed by atoms with Crippen molar-refractivity contribution in [2.75, 3.05) is 49.6 Å². The summed E-state index contributed by atoms with van der Waals surface area (Å²) < 4.78 is 19.7. The number of nitrogens with one attached hydrogen (secondary N) is 7. The van der Waals surface area contributed by atoms with Crippen molar-refractivity contribution in [3.05, 3.63) is 94.9 Å². The molecule has 3 aliphatic rings. The van der Waals surface area contributed by atoms with Crippen LogP contribution in [0.4, 0.5) is 10.1 Å². The van der Waals surface area contributed by atoms with E-state index in [0.717, 1.165) is 33.9 Å². The number of guanidine groups is 1. The van der Waals surface area contributed by atoms with Crippen LogP contribution in [-0.2, 0) is 51.2 Å². The standard InChI is InChI=1S/C47H53FN12O11S/c1-59-35-12-9-25(48)17-29(35)46(70)60-15-13-27-28-18-26(10-11-30(28)55-40(27)45(59)60)71-39(65)23-72-22-37(62)52-20-34-44(69)56-31(8-5-14-51-47(49)50)41(66)53-21-36(61)54-33(19-38(63)64)43(68)57-32(42(67)58-34)16-24-6-3-2-4-7-24/h2-4,6-7,9-12,17-18,31-34,45,55H,5,8,13-16,19-23H2,1H3,(H,52,62)(H,53,66)(H,54,61)(H,56,69)(H,57,68)(H,58,67)(H,63,64)(H4,49,50,51)/t31-,32-,33-,34-,45?/m0/s1. The van der Waals surface area contributed by atoms with Crippen LogP contribution >= 0.6 is 11.8 Å². The van der Waals surface area contributed by atoms with Crippen LogP contribution in [0.15, 0.2) is 71.7 Å². The number of nitrogens with zero attached hydrogens (tertiary/aromatic N) is 3. The van der Waals surface area contributed by atoms with Crippen molar-refractivity contribution in [2.45, 2.75) is 62.4 Å². The van der Waals surface area contributed by atoms with E-state index in [9.17, 15) is 52.6 Å². The van der Waals surface area contributed by atoms with Gasteiger partial charge in [-0.25, -0.2) is 4.39 Å². The van der Waals surface area contributed by atoms with Crippen LogP contribution in [0.5, 0.6) is 5.75 Å². The van der Waals surface area contributed by atoms with Gasteiger partial charge in [-0.2, -0.15) is 0 Å². The lowest BCUT2D eigenvalue weighted by molar-refractivity contribution is -0.141. The average molecular weight is 1010 g/mol. The van der Waals surface area contributed by atoms with Crippen LogP contribution in [0, 0.1) is 5.82 Å². The minimum atomic E-state index is -1.67. The number of aliphatic imine (C=N–C) groups is 1. The summed E-state index contributed by atoms with van der Waals surface area (Å²) in [5, 5.41) is 25.1. The molecule has 1 saturated heterocycles. The number of hydrogen-bond donors (Lipinski definition) is 10. The summed E-state index contributed by atoms with van der Waals surface area (Å²) in [6, 6.07) is 11.6. The zero-order valence-corrected chi connectivity index (χ0v) is 39.6. The van der Waals surface area contributed by atoms with E-state index in [0.29, 0.717) is 24.2 Å². The van der Waals surface area contributed by atoms with Gasteiger partial charge in [0.15, 0.2) is 5.96 Å². The van der Waals surface area contributed by atoms with Crippen LogP contribution in [0.25, 0.3) is 10.9 Å². The number of aliphatic carboxylic acids is 1. The molecule has 3 aromatic carbocycles. The Hall–Kier alpha value is -8.22. The second-order valence-corrected chi connectivity index (χ2v) is 18.1. The molecular formula is C47H53FN12O11S. The highest BCUT2D eigenvalue weighted by atomic mass is 32.2. The third-order valence-corrected chi connectivity index (χ3v) is 12.9. The van der Waals surface area contributed by atoms with Crippen LogP contribution in [-0.4, -0.2) is 143 Å². The summed E-state index contributed by atoms with van der Waals surface area (Å²) in [5.74, 6) is -8.77. The molecule has 23 nitrogen and oxygen atoms in total. The van der Waals surface area contributed by atoms with Gasteiger partial charge in [-0.05, 0) is 66.8 Å². The first-order valence-corrected chi connectivity index (χ1v) is 23.9. The monoisotopic (exact) mass is 1010 g/mol. The molecule has 12 N–H and O–H groups in total. The first-order valence-electron chi connectivity index (χ1n) is 22.8. The number of benzene rings is 3. The quantitative estimate of drug-likeness (QED) is 0.0226. The van der Waals surface area contributed by atoms with E-state index in [2.05, 4.69) is 41.9 Å². The summed E-state index contributed by atoms with van der Waals surface area (Å²) in [6.07, 6.45) is -0.908. The smallest absolute Gasteiger partial charge is 0.321 e. The van der Waals surface area contributed by atoms with Gasteiger partial charge in [0, 0.05) is 44.0 Å². The number of amides is 7. The van der Waals surface area contributed by atoms with Crippen molar-refractivity contribution in [3.8, 4) is 5.75 Å². The number of esters is 1. The number of carboxylic acids is 1. The fourth-order valence-electron chi connectivity index (χ4n) is 8.63. The maximum absolute atomic E-state index is 14.1. The molecule has 380 valence electrons. The molecule has 7 amide bonds. The Morgan fingerprint density at radius 3 is 2.35 bits per heavy atom. The molecule has 1 aromatic heterocycles. The van der Waals surface area contributed by atoms with Crippen molar-refractivity contribution in [3.63, 3.8) is 0 Å². The molecule has 3 aliphatic heterocycles. The van der Waals surface area contributed by atoms with Gasteiger partial charge in [-0.15, -0.1) is 11.8 Å². The van der Waals surface area contributed by atoms with Gasteiger partial charge in [0.1, 0.15) is 41.9 Å². The van der Waals surface area contributed by atoms with Gasteiger partial charge < -0.3 is 68.0 Å². The molecule has 0 bridgehead atoms. The maximum Gasteiger partial charge on any atom is 0.321 e. The Kier molecular flexibility index (Phi) is 16.6. The number of nitrogens with two attached hydrogens (primary N) is 2. The molecule has 0 aliphatic carbocycles. The Morgan fingerprint density at radius 2 is 1.60 bits per heavy atom. The molecule has 1 unspecified atom stereocenters. The van der Waals surface area contributed by atoms with Gasteiger partial charge in [0.2, 0.25) is 35.4 Å². The van der Waals surface area contributed by atoms with E-state index in [4.69, 9.17) is 16.2 Å². The van der Waals surface area contributed by atoms with E-state index in [1.807, 2.05) is 11.9 Å². The molecule has 1 fully saturated rings. The molecule has 25 heteroatoms. The molecule has 0 saturated carbocycles. The van der Waals surface area contributed by atoms with Gasteiger partial charge in [0.05, 0.1) is 41.4 Å².